The minimum absolute atomic E-state index is 1.05. The summed E-state index contributed by atoms with van der Waals surface area (Å²) in [7, 11) is 2.08. The summed E-state index contributed by atoms with van der Waals surface area (Å²) in [5.74, 6) is 5.38. The van der Waals surface area contributed by atoms with Gasteiger partial charge in [-0.25, -0.2) is 21.0 Å². The van der Waals surface area contributed by atoms with Crippen molar-refractivity contribution in [3.63, 3.8) is 0 Å². The van der Waals surface area contributed by atoms with Crippen LogP contribution >= 0.6 is 0 Å². The van der Waals surface area contributed by atoms with E-state index in [1.807, 2.05) is 0 Å². The summed E-state index contributed by atoms with van der Waals surface area (Å²) in [6.45, 7) is 4.32. The van der Waals surface area contributed by atoms with Crippen molar-refractivity contribution < 1.29 is 0 Å². The first kappa shape index (κ1) is 14.4. The lowest BCUT2D eigenvalue weighted by Gasteiger charge is -2.14. The summed E-state index contributed by atoms with van der Waals surface area (Å²) in [4.78, 5) is 4.41. The number of hydrogen-bond acceptors (Lipinski definition) is 6. The summed E-state index contributed by atoms with van der Waals surface area (Å²) in [6.07, 6.45) is 1.48. The van der Waals surface area contributed by atoms with Gasteiger partial charge >= 0.3 is 6.15 Å². The summed E-state index contributed by atoms with van der Waals surface area (Å²) >= 11 is 0. The fourth-order valence-corrected chi connectivity index (χ4v) is 0.968. The first-order valence-corrected chi connectivity index (χ1v) is 5.00. The highest BCUT2D eigenvalue weighted by Gasteiger charge is 2.22. The van der Waals surface area contributed by atoms with Crippen molar-refractivity contribution in [1.82, 2.24) is 9.80 Å². The molecule has 1 aliphatic heterocycles. The molecule has 0 fully saturated rings. The average Bonchev–Trinajstić information content (AvgIpc) is 2.80. The topological polar surface area (TPSA) is 102 Å². The number of hydrogen-bond donors (Lipinski definition) is 0. The Kier molecular flexibility index (Phi) is 5.73. The van der Waals surface area contributed by atoms with E-state index in [1.165, 1.54) is 23.9 Å². The third-order valence-corrected chi connectivity index (χ3v) is 2.12. The Morgan fingerprint density at radius 2 is 1.53 bits per heavy atom. The van der Waals surface area contributed by atoms with Crippen LogP contribution in [0.15, 0.2) is 12.4 Å². The van der Waals surface area contributed by atoms with Gasteiger partial charge in [0.2, 0.25) is 0 Å². The molecule has 0 saturated heterocycles. The van der Waals surface area contributed by atoms with Gasteiger partial charge in [-0.15, -0.1) is 23.9 Å². The van der Waals surface area contributed by atoms with Crippen molar-refractivity contribution in [2.75, 3.05) is 20.3 Å². The van der Waals surface area contributed by atoms with Crippen molar-refractivity contribution in [3.8, 4) is 23.9 Å². The predicted molar refractivity (Wildman–Crippen MR) is 62.4 cm³/mol. The molecule has 7 heteroatoms. The molecule has 17 heavy (non-hydrogen) atoms. The van der Waals surface area contributed by atoms with Gasteiger partial charge in [0.15, 0.2) is 0 Å². The smallest absolute Gasteiger partial charge is 0.362 e. The van der Waals surface area contributed by atoms with Crippen molar-refractivity contribution in [2.24, 2.45) is 0 Å². The van der Waals surface area contributed by atoms with Crippen LogP contribution in [0.1, 0.15) is 6.92 Å². The number of rotatable bonds is 1. The molecule has 0 spiro atoms. The van der Waals surface area contributed by atoms with Crippen molar-refractivity contribution in [3.05, 3.63) is 12.4 Å². The van der Waals surface area contributed by atoms with Crippen LogP contribution in [-0.2, 0) is 0 Å². The second-order valence-corrected chi connectivity index (χ2v) is 3.48. The molecule has 0 aliphatic carbocycles. The molecule has 0 saturated carbocycles. The van der Waals surface area contributed by atoms with Gasteiger partial charge in [0.25, 0.3) is 0 Å². The van der Waals surface area contributed by atoms with E-state index in [2.05, 4.69) is 36.2 Å². The van der Waals surface area contributed by atoms with Gasteiger partial charge in [-0.05, 0) is 6.92 Å². The Morgan fingerprint density at radius 3 is 1.65 bits per heavy atom. The normalized spacial score (nSPS) is 12.6. The van der Waals surface area contributed by atoms with Crippen LogP contribution in [0.2, 0.25) is 0 Å². The van der Waals surface area contributed by atoms with E-state index in [0.29, 0.717) is 0 Å². The Labute approximate surface area is 101 Å². The minimum atomic E-state index is -2.72. The number of nitrogens with zero attached hydrogens (tertiary/aromatic N) is 6. The molecule has 0 aromatic rings. The molecule has 0 aromatic carbocycles. The molecule has 0 N–H and O–H groups in total. The first-order valence-electron chi connectivity index (χ1n) is 5.00. The zero-order valence-corrected chi connectivity index (χ0v) is 9.83. The van der Waals surface area contributed by atoms with Crippen molar-refractivity contribution in [2.45, 2.75) is 6.92 Å². The second-order valence-electron chi connectivity index (χ2n) is 3.48. The molecule has 1 aliphatic rings. The van der Waals surface area contributed by atoms with E-state index in [-0.39, 0.29) is 0 Å². The maximum absolute atomic E-state index is 8.09. The van der Waals surface area contributed by atoms with Gasteiger partial charge in [-0.3, -0.25) is 0 Å². The Balaban J connectivity index is 0.000000302. The third-order valence-electron chi connectivity index (χ3n) is 2.12. The van der Waals surface area contributed by atoms with Crippen LogP contribution in [0.5, 0.6) is 0 Å². The highest BCUT2D eigenvalue weighted by molar-refractivity contribution is 7.05. The summed E-state index contributed by atoms with van der Waals surface area (Å²) < 4.78 is 0. The van der Waals surface area contributed by atoms with E-state index in [0.717, 1.165) is 13.2 Å². The SMILES string of the molecule is CCN1C=CN(C)C1.N#C[B-](C#N)(C#N)C#N. The van der Waals surface area contributed by atoms with Crippen molar-refractivity contribution in [1.29, 1.82) is 21.0 Å². The van der Waals surface area contributed by atoms with Crippen LogP contribution < -0.4 is 0 Å². The molecule has 0 aromatic heterocycles. The maximum atomic E-state index is 8.09. The molecule has 0 atom stereocenters. The quantitative estimate of drug-likeness (QED) is 0.599. The summed E-state index contributed by atoms with van der Waals surface area (Å²) in [6, 6.07) is 0. The summed E-state index contributed by atoms with van der Waals surface area (Å²) in [5.41, 5.74) is 0. The van der Waals surface area contributed by atoms with E-state index in [9.17, 15) is 0 Å². The zero-order valence-electron chi connectivity index (χ0n) is 9.83. The van der Waals surface area contributed by atoms with Gasteiger partial charge in [0, 0.05) is 26.0 Å². The zero-order chi connectivity index (χ0) is 13.3. The van der Waals surface area contributed by atoms with Gasteiger partial charge < -0.3 is 9.80 Å². The van der Waals surface area contributed by atoms with E-state index in [1.54, 1.807) is 0 Å². The Bertz CT molecular complexity index is 382. The Hall–Kier alpha value is -2.64. The van der Waals surface area contributed by atoms with Gasteiger partial charge in [-0.2, -0.15) is 0 Å². The maximum Gasteiger partial charge on any atom is 0.383 e. The molecule has 6 nitrogen and oxygen atoms in total. The molecule has 0 amide bonds. The standard InChI is InChI=1S/C6H12N2.C4BN4/c1-3-8-5-4-7(2)6-8;6-1-5(2-7,3-8)4-9/h4-5H,3,6H2,1-2H3;/q;-1. The second kappa shape index (κ2) is 6.78. The largest absolute Gasteiger partial charge is 0.383 e. The van der Waals surface area contributed by atoms with Gasteiger partial charge in [0.1, 0.15) is 0 Å². The lowest BCUT2D eigenvalue weighted by atomic mass is 9.30. The number of nitriles is 4. The highest BCUT2D eigenvalue weighted by atomic mass is 15.3. The molecular weight excluding hydrogens is 215 g/mol. The van der Waals surface area contributed by atoms with E-state index in [4.69, 9.17) is 21.0 Å². The fraction of sp³-hybridized carbons (Fsp3) is 0.400. The van der Waals surface area contributed by atoms with E-state index < -0.39 is 6.15 Å². The molecule has 0 unspecified atom stereocenters. The molecule has 86 valence electrons. The lowest BCUT2D eigenvalue weighted by Crippen LogP contribution is -2.26. The third kappa shape index (κ3) is 4.16. The predicted octanol–water partition coefficient (Wildman–Crippen LogP) is 0.369. The summed E-state index contributed by atoms with van der Waals surface area (Å²) in [5, 5.41) is 32.3. The molecule has 0 bridgehead atoms. The average molecular weight is 227 g/mol. The first-order chi connectivity index (χ1) is 8.07. The fourth-order valence-electron chi connectivity index (χ4n) is 0.968. The molecular formula is C10H12BN6-. The van der Waals surface area contributed by atoms with E-state index >= 15 is 0 Å². The minimum Gasteiger partial charge on any atom is -0.362 e. The lowest BCUT2D eigenvalue weighted by molar-refractivity contribution is 0.308. The Morgan fingerprint density at radius 1 is 1.06 bits per heavy atom. The highest BCUT2D eigenvalue weighted by Crippen LogP contribution is 2.00. The van der Waals surface area contributed by atoms with Crippen molar-refractivity contribution >= 4 is 6.15 Å². The van der Waals surface area contributed by atoms with Crippen LogP contribution in [-0.4, -0.2) is 36.2 Å². The molecule has 1 rings (SSSR count). The monoisotopic (exact) mass is 227 g/mol. The van der Waals surface area contributed by atoms with Crippen LogP contribution in [0, 0.1) is 44.9 Å². The van der Waals surface area contributed by atoms with Crippen LogP contribution in [0.25, 0.3) is 0 Å². The van der Waals surface area contributed by atoms with Gasteiger partial charge in [-0.1, -0.05) is 0 Å². The van der Waals surface area contributed by atoms with Crippen LogP contribution in [0.3, 0.4) is 0 Å². The molecule has 0 radical (unpaired) electrons. The van der Waals surface area contributed by atoms with Crippen LogP contribution in [0.4, 0.5) is 0 Å². The van der Waals surface area contributed by atoms with Gasteiger partial charge in [0.05, 0.1) is 6.67 Å². The molecule has 1 heterocycles.